The van der Waals surface area contributed by atoms with E-state index < -0.39 is 0 Å². The van der Waals surface area contributed by atoms with Gasteiger partial charge in [0.05, 0.1) is 0 Å². The lowest BCUT2D eigenvalue weighted by atomic mass is 9.89. The van der Waals surface area contributed by atoms with E-state index in [2.05, 4.69) is 6.92 Å². The Labute approximate surface area is 67.9 Å². The Morgan fingerprint density at radius 3 is 2.27 bits per heavy atom. The molecule has 0 spiro atoms. The van der Waals surface area contributed by atoms with Gasteiger partial charge in [-0.05, 0) is 31.6 Å². The SMILES string of the molecule is CC(=O)O[C@H]1CC[C@H](C)CC1. The minimum absolute atomic E-state index is 0.135. The Kier molecular flexibility index (Phi) is 2.92. The van der Waals surface area contributed by atoms with Gasteiger partial charge >= 0.3 is 5.97 Å². The fourth-order valence-electron chi connectivity index (χ4n) is 1.58. The molecule has 1 fully saturated rings. The predicted octanol–water partition coefficient (Wildman–Crippen LogP) is 2.13. The number of hydrogen-bond acceptors (Lipinski definition) is 2. The largest absolute Gasteiger partial charge is 0.463 e. The first-order chi connectivity index (χ1) is 5.18. The summed E-state index contributed by atoms with van der Waals surface area (Å²) in [6.07, 6.45) is 4.74. The van der Waals surface area contributed by atoms with Crippen molar-refractivity contribution in [2.24, 2.45) is 5.92 Å². The molecule has 64 valence electrons. The first-order valence-corrected chi connectivity index (χ1v) is 4.35. The number of rotatable bonds is 1. The van der Waals surface area contributed by atoms with Crippen LogP contribution in [0.1, 0.15) is 39.5 Å². The van der Waals surface area contributed by atoms with Crippen molar-refractivity contribution in [3.05, 3.63) is 0 Å². The molecule has 0 radical (unpaired) electrons. The summed E-state index contributed by atoms with van der Waals surface area (Å²) in [6.45, 7) is 3.74. The second kappa shape index (κ2) is 3.74. The van der Waals surface area contributed by atoms with Crippen molar-refractivity contribution in [1.29, 1.82) is 0 Å². The maximum atomic E-state index is 10.6. The normalized spacial score (nSPS) is 31.5. The molecule has 1 rings (SSSR count). The van der Waals surface area contributed by atoms with Crippen LogP contribution in [0.4, 0.5) is 0 Å². The van der Waals surface area contributed by atoms with Crippen LogP contribution in [0.25, 0.3) is 0 Å². The monoisotopic (exact) mass is 156 g/mol. The highest BCUT2D eigenvalue weighted by atomic mass is 16.5. The minimum Gasteiger partial charge on any atom is -0.463 e. The van der Waals surface area contributed by atoms with Gasteiger partial charge in [-0.3, -0.25) is 4.79 Å². The molecule has 2 nitrogen and oxygen atoms in total. The first-order valence-electron chi connectivity index (χ1n) is 4.35. The summed E-state index contributed by atoms with van der Waals surface area (Å²) in [4.78, 5) is 10.6. The van der Waals surface area contributed by atoms with Gasteiger partial charge < -0.3 is 4.74 Å². The number of carbonyl (C=O) groups excluding carboxylic acids is 1. The molecule has 2 heteroatoms. The number of carbonyl (C=O) groups is 1. The van der Waals surface area contributed by atoms with E-state index in [4.69, 9.17) is 4.74 Å². The summed E-state index contributed by atoms with van der Waals surface area (Å²) in [7, 11) is 0. The molecular formula is C9H16O2. The smallest absolute Gasteiger partial charge is 0.302 e. The Hall–Kier alpha value is -0.530. The fourth-order valence-corrected chi connectivity index (χ4v) is 1.58. The summed E-state index contributed by atoms with van der Waals surface area (Å²) in [5.41, 5.74) is 0. The zero-order valence-corrected chi connectivity index (χ0v) is 7.30. The maximum absolute atomic E-state index is 10.6. The number of ether oxygens (including phenoxy) is 1. The molecule has 0 saturated heterocycles. The molecule has 0 unspecified atom stereocenters. The van der Waals surface area contributed by atoms with Gasteiger partial charge in [0.2, 0.25) is 0 Å². The van der Waals surface area contributed by atoms with Gasteiger partial charge in [-0.1, -0.05) is 6.92 Å². The van der Waals surface area contributed by atoms with E-state index >= 15 is 0 Å². The molecule has 0 aromatic heterocycles. The highest BCUT2D eigenvalue weighted by Gasteiger charge is 2.19. The molecule has 0 atom stereocenters. The summed E-state index contributed by atoms with van der Waals surface area (Å²) < 4.78 is 5.10. The third kappa shape index (κ3) is 2.91. The highest BCUT2D eigenvalue weighted by Crippen LogP contribution is 2.25. The molecule has 1 aliphatic carbocycles. The van der Waals surface area contributed by atoms with Gasteiger partial charge in [-0.15, -0.1) is 0 Å². The van der Waals surface area contributed by atoms with Crippen molar-refractivity contribution >= 4 is 5.97 Å². The van der Waals surface area contributed by atoms with Crippen LogP contribution in [0, 0.1) is 5.92 Å². The van der Waals surface area contributed by atoms with Gasteiger partial charge in [-0.25, -0.2) is 0 Å². The van der Waals surface area contributed by atoms with Crippen molar-refractivity contribution in [2.45, 2.75) is 45.6 Å². The molecular weight excluding hydrogens is 140 g/mol. The van der Waals surface area contributed by atoms with Crippen molar-refractivity contribution in [3.8, 4) is 0 Å². The quantitative estimate of drug-likeness (QED) is 0.543. The Morgan fingerprint density at radius 2 is 1.82 bits per heavy atom. The van der Waals surface area contributed by atoms with E-state index in [9.17, 15) is 4.79 Å². The fraction of sp³-hybridized carbons (Fsp3) is 0.889. The van der Waals surface area contributed by atoms with Crippen molar-refractivity contribution < 1.29 is 9.53 Å². The van der Waals surface area contributed by atoms with E-state index in [-0.39, 0.29) is 12.1 Å². The van der Waals surface area contributed by atoms with Crippen LogP contribution in [0.3, 0.4) is 0 Å². The molecule has 0 aromatic carbocycles. The van der Waals surface area contributed by atoms with Crippen LogP contribution < -0.4 is 0 Å². The van der Waals surface area contributed by atoms with Crippen LogP contribution >= 0.6 is 0 Å². The molecule has 0 aliphatic heterocycles. The standard InChI is InChI=1S/C9H16O2/c1-7-3-5-9(6-4-7)11-8(2)10/h7,9H,3-6H2,1-2H3/t7-,9-. The van der Waals surface area contributed by atoms with Gasteiger partial charge in [0.15, 0.2) is 0 Å². The van der Waals surface area contributed by atoms with E-state index in [1.54, 1.807) is 0 Å². The van der Waals surface area contributed by atoms with Gasteiger partial charge in [-0.2, -0.15) is 0 Å². The zero-order chi connectivity index (χ0) is 8.27. The molecule has 0 aromatic rings. The van der Waals surface area contributed by atoms with Crippen LogP contribution in [0.5, 0.6) is 0 Å². The van der Waals surface area contributed by atoms with E-state index in [0.29, 0.717) is 0 Å². The third-order valence-corrected chi connectivity index (χ3v) is 2.30. The zero-order valence-electron chi connectivity index (χ0n) is 7.30. The van der Waals surface area contributed by atoms with Gasteiger partial charge in [0.25, 0.3) is 0 Å². The van der Waals surface area contributed by atoms with Gasteiger partial charge in [0, 0.05) is 6.92 Å². The minimum atomic E-state index is -0.135. The van der Waals surface area contributed by atoms with Crippen molar-refractivity contribution in [2.75, 3.05) is 0 Å². The highest BCUT2D eigenvalue weighted by molar-refractivity contribution is 5.66. The molecule has 11 heavy (non-hydrogen) atoms. The average molecular weight is 156 g/mol. The second-order valence-electron chi connectivity index (χ2n) is 3.49. The van der Waals surface area contributed by atoms with Crippen LogP contribution in [0.2, 0.25) is 0 Å². The molecule has 0 amide bonds. The first kappa shape index (κ1) is 8.57. The molecule has 0 bridgehead atoms. The van der Waals surface area contributed by atoms with Crippen LogP contribution in [-0.4, -0.2) is 12.1 Å². The topological polar surface area (TPSA) is 26.3 Å². The predicted molar refractivity (Wildman–Crippen MR) is 43.2 cm³/mol. The summed E-state index contributed by atoms with van der Waals surface area (Å²) >= 11 is 0. The lowest BCUT2D eigenvalue weighted by Gasteiger charge is -2.25. The van der Waals surface area contributed by atoms with Crippen LogP contribution in [-0.2, 0) is 9.53 Å². The van der Waals surface area contributed by atoms with E-state index in [1.165, 1.54) is 19.8 Å². The van der Waals surface area contributed by atoms with Crippen molar-refractivity contribution in [3.63, 3.8) is 0 Å². The van der Waals surface area contributed by atoms with Crippen molar-refractivity contribution in [1.82, 2.24) is 0 Å². The number of esters is 1. The van der Waals surface area contributed by atoms with Gasteiger partial charge in [0.1, 0.15) is 6.10 Å². The summed E-state index contributed by atoms with van der Waals surface area (Å²) in [5.74, 6) is 0.686. The summed E-state index contributed by atoms with van der Waals surface area (Å²) in [5, 5.41) is 0. The lowest BCUT2D eigenvalue weighted by molar-refractivity contribution is -0.148. The lowest BCUT2D eigenvalue weighted by Crippen LogP contribution is -2.22. The van der Waals surface area contributed by atoms with Crippen LogP contribution in [0.15, 0.2) is 0 Å². The average Bonchev–Trinajstić information content (AvgIpc) is 1.93. The Bertz CT molecular complexity index is 134. The summed E-state index contributed by atoms with van der Waals surface area (Å²) in [6, 6.07) is 0. The molecule has 1 aliphatic rings. The maximum Gasteiger partial charge on any atom is 0.302 e. The molecule has 1 saturated carbocycles. The molecule has 0 N–H and O–H groups in total. The second-order valence-corrected chi connectivity index (χ2v) is 3.49. The number of hydrogen-bond donors (Lipinski definition) is 0. The van der Waals surface area contributed by atoms with E-state index in [1.807, 2.05) is 0 Å². The Balaban J connectivity index is 2.22. The van der Waals surface area contributed by atoms with E-state index in [0.717, 1.165) is 18.8 Å². The Morgan fingerprint density at radius 1 is 1.27 bits per heavy atom. The third-order valence-electron chi connectivity index (χ3n) is 2.30. The molecule has 0 heterocycles.